The molecular weight excluding hydrogens is 423 g/mol. The summed E-state index contributed by atoms with van der Waals surface area (Å²) in [5, 5.41) is 12.4. The Kier molecular flexibility index (Phi) is 13.5. The Balaban J connectivity index is 0.00000480. The molecule has 5 nitrogen and oxygen atoms in total. The molecule has 0 bridgehead atoms. The van der Waals surface area contributed by atoms with E-state index in [0.717, 1.165) is 24.8 Å². The van der Waals surface area contributed by atoms with Gasteiger partial charge in [0.2, 0.25) is 0 Å². The van der Waals surface area contributed by atoms with Gasteiger partial charge in [0.05, 0.1) is 0 Å². The van der Waals surface area contributed by atoms with Crippen molar-refractivity contribution in [2.45, 2.75) is 82.4 Å². The zero-order chi connectivity index (χ0) is 21.8. The zero-order valence-electron chi connectivity index (χ0n) is 18.8. The minimum absolute atomic E-state index is 0. The third-order valence-electron chi connectivity index (χ3n) is 5.17. The van der Waals surface area contributed by atoms with Gasteiger partial charge >= 0.3 is 29.6 Å². The Hall–Kier alpha value is -1.05. The number of hydrogen-bond donors (Lipinski definition) is 1. The molecule has 0 spiro atoms. The number of rotatable bonds is 14. The summed E-state index contributed by atoms with van der Waals surface area (Å²) < 4.78 is 37.7. The van der Waals surface area contributed by atoms with Crippen LogP contribution < -0.4 is 39.4 Å². The summed E-state index contributed by atoms with van der Waals surface area (Å²) in [4.78, 5) is -0.362. The first kappa shape index (κ1) is 28.0. The first-order chi connectivity index (χ1) is 14.4. The van der Waals surface area contributed by atoms with Crippen LogP contribution >= 0.6 is 0 Å². The second kappa shape index (κ2) is 14.9. The predicted octanol–water partition coefficient (Wildman–Crippen LogP) is 3.27. The topological polar surface area (TPSA) is 86.7 Å². The smallest absolute Gasteiger partial charge is 0.870 e. The molecule has 7 heteroatoms. The summed E-state index contributed by atoms with van der Waals surface area (Å²) >= 11 is 0. The van der Waals surface area contributed by atoms with Crippen molar-refractivity contribution < 1.29 is 52.4 Å². The maximum atomic E-state index is 12.4. The molecule has 2 aromatic rings. The molecule has 0 aliphatic carbocycles. The summed E-state index contributed by atoms with van der Waals surface area (Å²) in [5.41, 5.74) is 0.954. The number of benzene rings is 2. The van der Waals surface area contributed by atoms with Crippen molar-refractivity contribution >= 4 is 10.1 Å². The molecule has 0 atom stereocenters. The average Bonchev–Trinajstić information content (AvgIpc) is 2.71. The van der Waals surface area contributed by atoms with E-state index >= 15 is 0 Å². The minimum Gasteiger partial charge on any atom is -0.870 e. The van der Waals surface area contributed by atoms with Crippen molar-refractivity contribution in [3.63, 3.8) is 0 Å². The monoisotopic (exact) mass is 456 g/mol. The van der Waals surface area contributed by atoms with Crippen LogP contribution in [0.3, 0.4) is 0 Å². The van der Waals surface area contributed by atoms with Crippen molar-refractivity contribution in [2.75, 3.05) is 0 Å². The Morgan fingerprint density at radius 2 is 1.42 bits per heavy atom. The van der Waals surface area contributed by atoms with Crippen molar-refractivity contribution in [3.05, 3.63) is 48.0 Å². The van der Waals surface area contributed by atoms with Gasteiger partial charge in [0.15, 0.2) is 0 Å². The third kappa shape index (κ3) is 10.4. The molecule has 166 valence electrons. The molecule has 0 unspecified atom stereocenters. The van der Waals surface area contributed by atoms with E-state index in [1.807, 2.05) is 6.07 Å². The molecule has 0 radical (unpaired) electrons. The van der Waals surface area contributed by atoms with Gasteiger partial charge < -0.3 is 9.84 Å². The molecule has 0 heterocycles. The quantitative estimate of drug-likeness (QED) is 0.268. The molecule has 0 fully saturated rings. The van der Waals surface area contributed by atoms with Gasteiger partial charge in [-0.25, -0.2) is 0 Å². The van der Waals surface area contributed by atoms with Crippen LogP contribution in [0.2, 0.25) is 0 Å². The third-order valence-corrected chi connectivity index (χ3v) is 6.07. The summed E-state index contributed by atoms with van der Waals surface area (Å²) in [6.07, 6.45) is 13.5. The number of unbranched alkanes of at least 4 members (excludes halogenated alkanes) is 9. The van der Waals surface area contributed by atoms with Gasteiger partial charge in [-0.2, -0.15) is 8.42 Å². The molecule has 0 amide bonds. The Labute approximate surface area is 209 Å². The second-order valence-corrected chi connectivity index (χ2v) is 9.13. The van der Waals surface area contributed by atoms with E-state index in [-0.39, 0.29) is 51.7 Å². The van der Waals surface area contributed by atoms with Crippen LogP contribution in [0.1, 0.15) is 76.7 Å². The minimum atomic E-state index is -4.43. The molecule has 0 aliphatic rings. The van der Waals surface area contributed by atoms with Gasteiger partial charge in [0, 0.05) is 0 Å². The fourth-order valence-electron chi connectivity index (χ4n) is 3.47. The van der Waals surface area contributed by atoms with E-state index in [4.69, 9.17) is 4.74 Å². The Morgan fingerprint density at radius 3 is 2.00 bits per heavy atom. The summed E-state index contributed by atoms with van der Waals surface area (Å²) in [6.45, 7) is 2.24. The molecular formula is C24H33NaO5S. The molecule has 1 N–H and O–H groups in total. The molecule has 0 saturated carbocycles. The van der Waals surface area contributed by atoms with Gasteiger partial charge in [-0.3, -0.25) is 4.55 Å². The number of aryl methyl sites for hydroxylation is 1. The predicted molar refractivity (Wildman–Crippen MR) is 118 cm³/mol. The van der Waals surface area contributed by atoms with E-state index in [0.29, 0.717) is 0 Å². The molecule has 0 aliphatic heterocycles. The van der Waals surface area contributed by atoms with E-state index < -0.39 is 10.1 Å². The molecule has 0 aromatic heterocycles. The van der Waals surface area contributed by atoms with E-state index in [1.165, 1.54) is 69.6 Å². The fraction of sp³-hybridized carbons (Fsp3) is 0.500. The van der Waals surface area contributed by atoms with Crippen molar-refractivity contribution in [1.29, 1.82) is 0 Å². The Morgan fingerprint density at radius 1 is 0.839 bits per heavy atom. The maximum Gasteiger partial charge on any atom is 1.00 e. The van der Waals surface area contributed by atoms with Gasteiger partial charge in [-0.1, -0.05) is 94.7 Å². The van der Waals surface area contributed by atoms with Crippen LogP contribution in [0.25, 0.3) is 0 Å². The largest absolute Gasteiger partial charge is 1.00 e. The molecule has 2 aromatic carbocycles. The van der Waals surface area contributed by atoms with Gasteiger partial charge in [0.1, 0.15) is 16.4 Å². The average molecular weight is 457 g/mol. The van der Waals surface area contributed by atoms with Crippen molar-refractivity contribution in [1.82, 2.24) is 0 Å². The number of para-hydroxylation sites is 1. The van der Waals surface area contributed by atoms with Gasteiger partial charge in [-0.05, 0) is 36.6 Å². The summed E-state index contributed by atoms with van der Waals surface area (Å²) in [5.74, 6) is -0.331. The van der Waals surface area contributed by atoms with Crippen LogP contribution in [0.4, 0.5) is 0 Å². The standard InChI is InChI=1S/C24H34O5S.Na/c1-2-3-4-5-6-7-8-9-10-11-14-20-17-18-22(21(25)19-20)29-23-15-12-13-16-24(23)30(26,27)28;/h12-13,15-19,25H,2-11,14H2,1H3,(H,26,27,28);/q;+1/p-1. The summed E-state index contributed by atoms with van der Waals surface area (Å²) in [6, 6.07) is 10.6. The SMILES string of the molecule is CCCCCCCCCCCCc1ccc(Oc2ccccc2S(=O)(=O)O)c([O-])c1.[Na+]. The number of ether oxygens (including phenoxy) is 1. The van der Waals surface area contributed by atoms with Crippen LogP contribution in [-0.4, -0.2) is 13.0 Å². The normalized spacial score (nSPS) is 11.2. The van der Waals surface area contributed by atoms with E-state index in [9.17, 15) is 18.1 Å². The Bertz CT molecular complexity index is 883. The first-order valence-electron chi connectivity index (χ1n) is 11.0. The molecule has 0 saturated heterocycles. The van der Waals surface area contributed by atoms with Crippen LogP contribution in [0.5, 0.6) is 17.2 Å². The van der Waals surface area contributed by atoms with Crippen LogP contribution in [0.15, 0.2) is 47.4 Å². The second-order valence-electron chi connectivity index (χ2n) is 7.74. The van der Waals surface area contributed by atoms with Crippen LogP contribution in [-0.2, 0) is 16.5 Å². The van der Waals surface area contributed by atoms with Crippen molar-refractivity contribution in [3.8, 4) is 17.2 Å². The number of hydrogen-bond acceptors (Lipinski definition) is 4. The molecule has 31 heavy (non-hydrogen) atoms. The van der Waals surface area contributed by atoms with Gasteiger partial charge in [0.25, 0.3) is 10.1 Å². The van der Waals surface area contributed by atoms with Crippen molar-refractivity contribution in [2.24, 2.45) is 0 Å². The summed E-state index contributed by atoms with van der Waals surface area (Å²) in [7, 11) is -4.43. The fourth-order valence-corrected chi connectivity index (χ4v) is 4.09. The molecule has 2 rings (SSSR count). The zero-order valence-corrected chi connectivity index (χ0v) is 21.6. The van der Waals surface area contributed by atoms with Crippen LogP contribution in [0, 0.1) is 0 Å². The maximum absolute atomic E-state index is 12.4. The van der Waals surface area contributed by atoms with E-state index in [2.05, 4.69) is 6.92 Å². The van der Waals surface area contributed by atoms with Gasteiger partial charge in [-0.15, -0.1) is 0 Å². The van der Waals surface area contributed by atoms with E-state index in [1.54, 1.807) is 18.2 Å². The first-order valence-corrected chi connectivity index (χ1v) is 12.4.